The number of methoxy groups -OCH3 is 1. The SMILES string of the molecule is COc1ccc(Br)cc1CC(C)(O)c1ccc(F)cn1. The van der Waals surface area contributed by atoms with E-state index in [0.717, 1.165) is 16.2 Å². The lowest BCUT2D eigenvalue weighted by Crippen LogP contribution is -2.26. The van der Waals surface area contributed by atoms with E-state index in [-0.39, 0.29) is 0 Å². The van der Waals surface area contributed by atoms with Crippen molar-refractivity contribution in [2.24, 2.45) is 0 Å². The Hall–Kier alpha value is -1.46. The van der Waals surface area contributed by atoms with E-state index in [1.165, 1.54) is 12.1 Å². The Labute approximate surface area is 125 Å². The van der Waals surface area contributed by atoms with Crippen LogP contribution in [0.1, 0.15) is 18.2 Å². The monoisotopic (exact) mass is 339 g/mol. The summed E-state index contributed by atoms with van der Waals surface area (Å²) in [4.78, 5) is 3.95. The molecule has 1 heterocycles. The maximum Gasteiger partial charge on any atom is 0.141 e. The van der Waals surface area contributed by atoms with E-state index in [9.17, 15) is 9.50 Å². The van der Waals surface area contributed by atoms with Crippen LogP contribution in [0.5, 0.6) is 5.75 Å². The highest BCUT2D eigenvalue weighted by Gasteiger charge is 2.26. The van der Waals surface area contributed by atoms with Gasteiger partial charge in [0.25, 0.3) is 0 Å². The molecule has 1 unspecified atom stereocenters. The standard InChI is InChI=1S/C15H15BrFNO2/c1-15(19,14-6-4-12(17)9-18-14)8-10-7-11(16)3-5-13(10)20-2/h3-7,9,19H,8H2,1-2H3. The number of ether oxygens (including phenoxy) is 1. The van der Waals surface area contributed by atoms with Crippen molar-refractivity contribution in [3.8, 4) is 5.75 Å². The molecule has 5 heteroatoms. The van der Waals surface area contributed by atoms with Crippen molar-refractivity contribution in [2.45, 2.75) is 18.9 Å². The van der Waals surface area contributed by atoms with Crippen molar-refractivity contribution >= 4 is 15.9 Å². The molecule has 1 aromatic heterocycles. The highest BCUT2D eigenvalue weighted by molar-refractivity contribution is 9.10. The predicted molar refractivity (Wildman–Crippen MR) is 78.2 cm³/mol. The smallest absolute Gasteiger partial charge is 0.141 e. The van der Waals surface area contributed by atoms with Crippen LogP contribution in [-0.2, 0) is 12.0 Å². The lowest BCUT2D eigenvalue weighted by Gasteiger charge is -2.24. The molecule has 3 nitrogen and oxygen atoms in total. The third kappa shape index (κ3) is 3.35. The van der Waals surface area contributed by atoms with E-state index in [1.54, 1.807) is 14.0 Å². The van der Waals surface area contributed by atoms with Crippen LogP contribution in [0.3, 0.4) is 0 Å². The van der Waals surface area contributed by atoms with Crippen LogP contribution < -0.4 is 4.74 Å². The summed E-state index contributed by atoms with van der Waals surface area (Å²) >= 11 is 3.40. The Morgan fingerprint density at radius 3 is 2.70 bits per heavy atom. The van der Waals surface area contributed by atoms with Crippen LogP contribution in [0.2, 0.25) is 0 Å². The summed E-state index contributed by atoms with van der Waals surface area (Å²) in [6.45, 7) is 1.65. The van der Waals surface area contributed by atoms with E-state index in [1.807, 2.05) is 18.2 Å². The fourth-order valence-electron chi connectivity index (χ4n) is 2.04. The fraction of sp³-hybridized carbons (Fsp3) is 0.267. The average Bonchev–Trinajstić information content (AvgIpc) is 2.39. The molecule has 1 aromatic carbocycles. The zero-order valence-electron chi connectivity index (χ0n) is 11.2. The summed E-state index contributed by atoms with van der Waals surface area (Å²) in [6.07, 6.45) is 1.41. The molecule has 1 N–H and O–H groups in total. The van der Waals surface area contributed by atoms with Crippen molar-refractivity contribution in [3.05, 3.63) is 58.1 Å². The first-order valence-corrected chi connectivity index (χ1v) is 6.88. The van der Waals surface area contributed by atoms with E-state index >= 15 is 0 Å². The topological polar surface area (TPSA) is 42.4 Å². The zero-order valence-corrected chi connectivity index (χ0v) is 12.8. The van der Waals surface area contributed by atoms with Gasteiger partial charge in [0.1, 0.15) is 17.2 Å². The maximum absolute atomic E-state index is 12.9. The Balaban J connectivity index is 2.32. The highest BCUT2D eigenvalue weighted by Crippen LogP contribution is 2.30. The maximum atomic E-state index is 12.9. The minimum absolute atomic E-state index is 0.314. The highest BCUT2D eigenvalue weighted by atomic mass is 79.9. The summed E-state index contributed by atoms with van der Waals surface area (Å²) in [5, 5.41) is 10.6. The molecule has 0 amide bonds. The largest absolute Gasteiger partial charge is 0.496 e. The van der Waals surface area contributed by atoms with Gasteiger partial charge < -0.3 is 9.84 Å². The minimum Gasteiger partial charge on any atom is -0.496 e. The van der Waals surface area contributed by atoms with E-state index in [0.29, 0.717) is 17.9 Å². The van der Waals surface area contributed by atoms with Gasteiger partial charge in [0.05, 0.1) is 19.0 Å². The molecule has 0 aliphatic rings. The molecule has 1 atom stereocenters. The van der Waals surface area contributed by atoms with Crippen LogP contribution in [0, 0.1) is 5.82 Å². The molecule has 2 aromatic rings. The minimum atomic E-state index is -1.21. The van der Waals surface area contributed by atoms with Gasteiger partial charge in [-0.1, -0.05) is 15.9 Å². The van der Waals surface area contributed by atoms with Gasteiger partial charge >= 0.3 is 0 Å². The number of rotatable bonds is 4. The first-order chi connectivity index (χ1) is 9.42. The number of aliphatic hydroxyl groups is 1. The quantitative estimate of drug-likeness (QED) is 0.927. The van der Waals surface area contributed by atoms with Crippen molar-refractivity contribution in [1.29, 1.82) is 0 Å². The second-order valence-corrected chi connectivity index (χ2v) is 5.68. The van der Waals surface area contributed by atoms with Gasteiger partial charge in [-0.15, -0.1) is 0 Å². The molecule has 20 heavy (non-hydrogen) atoms. The molecule has 2 rings (SSSR count). The summed E-state index contributed by atoms with van der Waals surface area (Å²) in [7, 11) is 1.58. The Kier molecular flexibility index (Phi) is 4.40. The molecule has 0 saturated carbocycles. The van der Waals surface area contributed by atoms with E-state index in [4.69, 9.17) is 4.74 Å². The first-order valence-electron chi connectivity index (χ1n) is 6.09. The normalized spacial score (nSPS) is 13.8. The van der Waals surface area contributed by atoms with E-state index < -0.39 is 11.4 Å². The molecule has 0 saturated heterocycles. The van der Waals surface area contributed by atoms with Gasteiger partial charge in [-0.25, -0.2) is 4.39 Å². The molecule has 0 aliphatic heterocycles. The number of pyridine rings is 1. The van der Waals surface area contributed by atoms with Crippen LogP contribution in [0.15, 0.2) is 41.0 Å². The summed E-state index contributed by atoms with van der Waals surface area (Å²) in [5.41, 5.74) is 0.0563. The van der Waals surface area contributed by atoms with Gasteiger partial charge in [0.15, 0.2) is 0 Å². The number of hydrogen-bond donors (Lipinski definition) is 1. The molecule has 0 aliphatic carbocycles. The predicted octanol–water partition coefficient (Wildman–Crippen LogP) is 3.44. The van der Waals surface area contributed by atoms with Crippen molar-refractivity contribution < 1.29 is 14.2 Å². The van der Waals surface area contributed by atoms with Crippen LogP contribution in [0.25, 0.3) is 0 Å². The van der Waals surface area contributed by atoms with Crippen molar-refractivity contribution in [3.63, 3.8) is 0 Å². The summed E-state index contributed by atoms with van der Waals surface area (Å²) < 4.78 is 19.1. The Morgan fingerprint density at radius 2 is 2.10 bits per heavy atom. The number of halogens is 2. The lowest BCUT2D eigenvalue weighted by molar-refractivity contribution is 0.0522. The Bertz CT molecular complexity index is 599. The number of nitrogens with zero attached hydrogens (tertiary/aromatic N) is 1. The molecule has 106 valence electrons. The summed E-state index contributed by atoms with van der Waals surface area (Å²) in [5.74, 6) is 0.264. The second kappa shape index (κ2) is 5.89. The van der Waals surface area contributed by atoms with E-state index in [2.05, 4.69) is 20.9 Å². The van der Waals surface area contributed by atoms with Gasteiger partial charge in [-0.2, -0.15) is 0 Å². The first kappa shape index (κ1) is 14.9. The van der Waals surface area contributed by atoms with Crippen molar-refractivity contribution in [2.75, 3.05) is 7.11 Å². The van der Waals surface area contributed by atoms with Crippen LogP contribution in [0.4, 0.5) is 4.39 Å². The average molecular weight is 340 g/mol. The Morgan fingerprint density at radius 1 is 1.35 bits per heavy atom. The van der Waals surface area contributed by atoms with Gasteiger partial charge in [-0.3, -0.25) is 4.98 Å². The third-order valence-corrected chi connectivity index (χ3v) is 3.55. The van der Waals surface area contributed by atoms with Gasteiger partial charge in [0, 0.05) is 10.9 Å². The molecular formula is C15H15BrFNO2. The molecular weight excluding hydrogens is 325 g/mol. The fourth-order valence-corrected chi connectivity index (χ4v) is 2.45. The van der Waals surface area contributed by atoms with Crippen LogP contribution >= 0.6 is 15.9 Å². The second-order valence-electron chi connectivity index (χ2n) is 4.77. The third-order valence-electron chi connectivity index (χ3n) is 3.06. The molecule has 0 spiro atoms. The molecule has 0 fully saturated rings. The van der Waals surface area contributed by atoms with Gasteiger partial charge in [-0.05, 0) is 42.8 Å². The molecule has 0 radical (unpaired) electrons. The number of hydrogen-bond acceptors (Lipinski definition) is 3. The zero-order chi connectivity index (χ0) is 14.8. The lowest BCUT2D eigenvalue weighted by atomic mass is 9.92. The molecule has 0 bridgehead atoms. The van der Waals surface area contributed by atoms with Crippen molar-refractivity contribution in [1.82, 2.24) is 4.98 Å². The number of benzene rings is 1. The van der Waals surface area contributed by atoms with Crippen LogP contribution in [-0.4, -0.2) is 17.2 Å². The van der Waals surface area contributed by atoms with Gasteiger partial charge in [0.2, 0.25) is 0 Å². The summed E-state index contributed by atoms with van der Waals surface area (Å²) in [6, 6.07) is 8.35. The number of aromatic nitrogens is 1.